The molecule has 0 aliphatic heterocycles. The molecule has 2 aromatic rings. The van der Waals surface area contributed by atoms with Crippen LogP contribution in [0.3, 0.4) is 0 Å². The molecule has 0 N–H and O–H groups in total. The van der Waals surface area contributed by atoms with Gasteiger partial charge in [0.05, 0.1) is 5.38 Å². The van der Waals surface area contributed by atoms with E-state index in [-0.39, 0.29) is 5.56 Å². The van der Waals surface area contributed by atoms with Crippen LogP contribution in [0.5, 0.6) is 0 Å². The Labute approximate surface area is 134 Å². The van der Waals surface area contributed by atoms with Crippen LogP contribution in [0.4, 0.5) is 8.78 Å². The van der Waals surface area contributed by atoms with E-state index >= 15 is 0 Å². The molecule has 0 nitrogen and oxygen atoms in total. The molecule has 0 aromatic heterocycles. The number of benzene rings is 2. The normalized spacial score (nSPS) is 12.6. The minimum atomic E-state index is -0.977. The van der Waals surface area contributed by atoms with Crippen molar-refractivity contribution in [2.45, 2.75) is 19.2 Å². The van der Waals surface area contributed by atoms with E-state index in [2.05, 4.69) is 15.9 Å². The molecule has 0 aliphatic rings. The van der Waals surface area contributed by atoms with Crippen LogP contribution < -0.4 is 0 Å². The van der Waals surface area contributed by atoms with Crippen LogP contribution in [-0.4, -0.2) is 0 Å². The molecule has 0 saturated heterocycles. The molecule has 0 aliphatic carbocycles. The van der Waals surface area contributed by atoms with E-state index in [0.717, 1.165) is 11.1 Å². The van der Waals surface area contributed by atoms with Gasteiger partial charge in [-0.25, -0.2) is 8.78 Å². The number of aryl methyl sites for hydroxylation is 2. The first kappa shape index (κ1) is 15.7. The predicted molar refractivity (Wildman–Crippen MR) is 82.7 cm³/mol. The SMILES string of the molecule is Cc1cc(Cl)c(C(Cl)c2c(F)cc(Br)cc2F)cc1C. The van der Waals surface area contributed by atoms with Crippen LogP contribution in [0.15, 0.2) is 28.7 Å². The van der Waals surface area contributed by atoms with Crippen LogP contribution in [-0.2, 0) is 0 Å². The largest absolute Gasteiger partial charge is 0.206 e. The fourth-order valence-electron chi connectivity index (χ4n) is 1.95. The van der Waals surface area contributed by atoms with Gasteiger partial charge in [-0.2, -0.15) is 0 Å². The third kappa shape index (κ3) is 3.00. The molecule has 1 unspecified atom stereocenters. The lowest BCUT2D eigenvalue weighted by Gasteiger charge is -2.16. The topological polar surface area (TPSA) is 0 Å². The van der Waals surface area contributed by atoms with Crippen LogP contribution in [0.25, 0.3) is 0 Å². The Morgan fingerprint density at radius 1 is 1.00 bits per heavy atom. The van der Waals surface area contributed by atoms with Crippen molar-refractivity contribution in [3.05, 3.63) is 67.6 Å². The van der Waals surface area contributed by atoms with E-state index in [4.69, 9.17) is 23.2 Å². The highest BCUT2D eigenvalue weighted by molar-refractivity contribution is 9.10. The molecule has 5 heteroatoms. The highest BCUT2D eigenvalue weighted by Crippen LogP contribution is 2.38. The van der Waals surface area contributed by atoms with Crippen molar-refractivity contribution in [1.29, 1.82) is 0 Å². The number of halogens is 5. The fraction of sp³-hybridized carbons (Fsp3) is 0.200. The van der Waals surface area contributed by atoms with E-state index in [1.165, 1.54) is 12.1 Å². The maximum Gasteiger partial charge on any atom is 0.132 e. The number of rotatable bonds is 2. The average molecular weight is 380 g/mol. The lowest BCUT2D eigenvalue weighted by Crippen LogP contribution is -2.03. The van der Waals surface area contributed by atoms with Gasteiger partial charge in [0.25, 0.3) is 0 Å². The first-order valence-electron chi connectivity index (χ1n) is 5.86. The van der Waals surface area contributed by atoms with Crippen molar-refractivity contribution in [2.24, 2.45) is 0 Å². The number of hydrogen-bond acceptors (Lipinski definition) is 0. The molecule has 106 valence electrons. The molecule has 20 heavy (non-hydrogen) atoms. The summed E-state index contributed by atoms with van der Waals surface area (Å²) in [5.41, 5.74) is 2.27. The fourth-order valence-corrected chi connectivity index (χ4v) is 3.12. The third-order valence-corrected chi connectivity index (χ3v) is 4.42. The molecule has 0 radical (unpaired) electrons. The molecule has 2 aromatic carbocycles. The van der Waals surface area contributed by atoms with Crippen molar-refractivity contribution in [2.75, 3.05) is 0 Å². The van der Waals surface area contributed by atoms with E-state index in [9.17, 15) is 8.78 Å². The summed E-state index contributed by atoms with van der Waals surface area (Å²) >= 11 is 15.4. The van der Waals surface area contributed by atoms with Gasteiger partial charge in [0.1, 0.15) is 11.6 Å². The molecule has 0 saturated carbocycles. The molecule has 0 amide bonds. The lowest BCUT2D eigenvalue weighted by atomic mass is 9.99. The second kappa shape index (κ2) is 6.00. The van der Waals surface area contributed by atoms with Crippen molar-refractivity contribution < 1.29 is 8.78 Å². The second-order valence-corrected chi connectivity index (χ2v) is 6.36. The monoisotopic (exact) mass is 378 g/mol. The Bertz CT molecular complexity index is 648. The van der Waals surface area contributed by atoms with Crippen LogP contribution in [0, 0.1) is 25.5 Å². The Kier molecular flexibility index (Phi) is 4.73. The van der Waals surface area contributed by atoms with Gasteiger partial charge in [-0.15, -0.1) is 11.6 Å². The Balaban J connectivity index is 2.57. The summed E-state index contributed by atoms with van der Waals surface area (Å²) in [6.07, 6.45) is 0. The highest BCUT2D eigenvalue weighted by Gasteiger charge is 2.23. The van der Waals surface area contributed by atoms with Gasteiger partial charge in [0.15, 0.2) is 0 Å². The molecular weight excluding hydrogens is 369 g/mol. The Morgan fingerprint density at radius 2 is 1.50 bits per heavy atom. The molecule has 2 rings (SSSR count). The molecule has 1 atom stereocenters. The first-order valence-corrected chi connectivity index (χ1v) is 7.47. The van der Waals surface area contributed by atoms with E-state index in [1.807, 2.05) is 13.8 Å². The maximum atomic E-state index is 14.0. The molecular formula is C15H11BrCl2F2. The summed E-state index contributed by atoms with van der Waals surface area (Å²) in [6, 6.07) is 5.87. The van der Waals surface area contributed by atoms with Gasteiger partial charge in [-0.05, 0) is 48.7 Å². The molecule has 0 bridgehead atoms. The summed E-state index contributed by atoms with van der Waals surface area (Å²) in [5.74, 6) is -1.41. The van der Waals surface area contributed by atoms with Gasteiger partial charge in [-0.1, -0.05) is 33.6 Å². The van der Waals surface area contributed by atoms with E-state index in [1.54, 1.807) is 12.1 Å². The highest BCUT2D eigenvalue weighted by atomic mass is 79.9. The van der Waals surface area contributed by atoms with Crippen molar-refractivity contribution in [3.8, 4) is 0 Å². The first-order chi connectivity index (χ1) is 9.31. The Morgan fingerprint density at radius 3 is 2.05 bits per heavy atom. The summed E-state index contributed by atoms with van der Waals surface area (Å²) in [4.78, 5) is 0. The summed E-state index contributed by atoms with van der Waals surface area (Å²) in [5, 5.41) is -0.579. The minimum Gasteiger partial charge on any atom is -0.206 e. The van der Waals surface area contributed by atoms with Crippen molar-refractivity contribution in [3.63, 3.8) is 0 Å². The van der Waals surface area contributed by atoms with Gasteiger partial charge in [-0.3, -0.25) is 0 Å². The van der Waals surface area contributed by atoms with Gasteiger partial charge in [0, 0.05) is 15.1 Å². The second-order valence-electron chi connectivity index (χ2n) is 4.60. The standard InChI is InChI=1S/C15H11BrCl2F2/c1-7-3-10(11(17)4-8(7)2)15(18)14-12(19)5-9(16)6-13(14)20/h3-6,15H,1-2H3. The molecule has 0 fully saturated rings. The zero-order valence-corrected chi connectivity index (χ0v) is 13.9. The zero-order chi connectivity index (χ0) is 15.0. The van der Waals surface area contributed by atoms with Crippen molar-refractivity contribution in [1.82, 2.24) is 0 Å². The third-order valence-electron chi connectivity index (χ3n) is 3.18. The quantitative estimate of drug-likeness (QED) is 0.535. The molecule has 0 heterocycles. The zero-order valence-electron chi connectivity index (χ0n) is 10.8. The van der Waals surface area contributed by atoms with Gasteiger partial charge >= 0.3 is 0 Å². The number of hydrogen-bond donors (Lipinski definition) is 0. The van der Waals surface area contributed by atoms with E-state index in [0.29, 0.717) is 15.1 Å². The summed E-state index contributed by atoms with van der Waals surface area (Å²) in [6.45, 7) is 3.81. The number of alkyl halides is 1. The van der Waals surface area contributed by atoms with Gasteiger partial charge < -0.3 is 0 Å². The minimum absolute atomic E-state index is 0.194. The van der Waals surface area contributed by atoms with E-state index < -0.39 is 17.0 Å². The predicted octanol–water partition coefficient (Wildman–Crippen LogP) is 6.33. The van der Waals surface area contributed by atoms with Gasteiger partial charge in [0.2, 0.25) is 0 Å². The average Bonchev–Trinajstić information content (AvgIpc) is 2.32. The summed E-state index contributed by atoms with van der Waals surface area (Å²) < 4.78 is 28.2. The molecule has 0 spiro atoms. The van der Waals surface area contributed by atoms with Crippen LogP contribution in [0.2, 0.25) is 5.02 Å². The van der Waals surface area contributed by atoms with Crippen LogP contribution in [0.1, 0.15) is 27.6 Å². The maximum absolute atomic E-state index is 14.0. The lowest BCUT2D eigenvalue weighted by molar-refractivity contribution is 0.557. The van der Waals surface area contributed by atoms with Crippen molar-refractivity contribution >= 4 is 39.1 Å². The van der Waals surface area contributed by atoms with Crippen LogP contribution >= 0.6 is 39.1 Å². The smallest absolute Gasteiger partial charge is 0.132 e. The summed E-state index contributed by atoms with van der Waals surface area (Å²) in [7, 11) is 0. The Hall–Kier alpha value is -0.640.